The normalized spacial score (nSPS) is 27.6. The van der Waals surface area contributed by atoms with Crippen molar-refractivity contribution in [2.75, 3.05) is 20.2 Å². The van der Waals surface area contributed by atoms with Gasteiger partial charge in [0.15, 0.2) is 0 Å². The zero-order valence-corrected chi connectivity index (χ0v) is 14.0. The lowest BCUT2D eigenvalue weighted by molar-refractivity contribution is 0.0942. The summed E-state index contributed by atoms with van der Waals surface area (Å²) in [6.07, 6.45) is 6.41. The molecule has 1 aromatic carbocycles. The van der Waals surface area contributed by atoms with Crippen molar-refractivity contribution in [2.45, 2.75) is 51.1 Å². The van der Waals surface area contributed by atoms with Gasteiger partial charge in [-0.25, -0.2) is 0 Å². The van der Waals surface area contributed by atoms with E-state index >= 15 is 0 Å². The fourth-order valence-electron chi connectivity index (χ4n) is 4.17. The zero-order valence-electron chi connectivity index (χ0n) is 14.0. The van der Waals surface area contributed by atoms with Crippen molar-refractivity contribution in [1.29, 1.82) is 0 Å². The van der Waals surface area contributed by atoms with E-state index in [-0.39, 0.29) is 0 Å². The number of ether oxygens (including phenoxy) is 1. The molecular formula is C19H30N2O. The van der Waals surface area contributed by atoms with Crippen LogP contribution in [0.4, 0.5) is 0 Å². The first kappa shape index (κ1) is 15.8. The van der Waals surface area contributed by atoms with Gasteiger partial charge in [-0.1, -0.05) is 19.1 Å². The van der Waals surface area contributed by atoms with Crippen molar-refractivity contribution >= 4 is 0 Å². The smallest absolute Gasteiger partial charge is 0.118 e. The number of methoxy groups -OCH3 is 1. The molecule has 3 unspecified atom stereocenters. The SMILES string of the molecule is CCC(C1CC1)N1CC(N)CC(Cc2ccc(OC)cc2)C1. The standard InChI is InChI=1S/C19H30N2O/c1-3-19(16-6-7-16)21-12-15(11-17(20)13-21)10-14-4-8-18(22-2)9-5-14/h4-5,8-9,15-17,19H,3,6-7,10-13,20H2,1-2H3. The molecule has 1 heterocycles. The molecule has 0 bridgehead atoms. The molecular weight excluding hydrogens is 272 g/mol. The van der Waals surface area contributed by atoms with Crippen molar-refractivity contribution in [3.63, 3.8) is 0 Å². The van der Waals surface area contributed by atoms with Gasteiger partial charge in [0, 0.05) is 25.2 Å². The van der Waals surface area contributed by atoms with Crippen LogP contribution in [-0.4, -0.2) is 37.2 Å². The lowest BCUT2D eigenvalue weighted by Crippen LogP contribution is -2.52. The number of nitrogens with zero attached hydrogens (tertiary/aromatic N) is 1. The third kappa shape index (κ3) is 3.82. The maximum atomic E-state index is 6.37. The van der Waals surface area contributed by atoms with E-state index in [1.165, 1.54) is 31.4 Å². The molecule has 3 rings (SSSR count). The minimum Gasteiger partial charge on any atom is -0.497 e. The van der Waals surface area contributed by atoms with Gasteiger partial charge in [-0.2, -0.15) is 0 Å². The lowest BCUT2D eigenvalue weighted by atomic mass is 9.87. The van der Waals surface area contributed by atoms with Crippen molar-refractivity contribution in [3.8, 4) is 5.75 Å². The molecule has 3 nitrogen and oxygen atoms in total. The Kier molecular flexibility index (Phi) is 5.04. The molecule has 3 heteroatoms. The number of piperidine rings is 1. The Morgan fingerprint density at radius 1 is 1.23 bits per heavy atom. The molecule has 0 radical (unpaired) electrons. The van der Waals surface area contributed by atoms with E-state index in [1.54, 1.807) is 7.11 Å². The van der Waals surface area contributed by atoms with Crippen LogP contribution >= 0.6 is 0 Å². The summed E-state index contributed by atoms with van der Waals surface area (Å²) in [6.45, 7) is 4.64. The Morgan fingerprint density at radius 3 is 2.55 bits per heavy atom. The molecule has 1 aromatic rings. The highest BCUT2D eigenvalue weighted by Crippen LogP contribution is 2.38. The third-order valence-electron chi connectivity index (χ3n) is 5.33. The molecule has 0 spiro atoms. The molecule has 0 aromatic heterocycles. The van der Waals surface area contributed by atoms with E-state index in [4.69, 9.17) is 10.5 Å². The largest absolute Gasteiger partial charge is 0.497 e. The Balaban J connectivity index is 1.62. The molecule has 1 saturated carbocycles. The number of likely N-dealkylation sites (tertiary alicyclic amines) is 1. The van der Waals surface area contributed by atoms with E-state index in [1.807, 2.05) is 0 Å². The Bertz CT molecular complexity index is 469. The van der Waals surface area contributed by atoms with Crippen LogP contribution in [0.3, 0.4) is 0 Å². The van der Waals surface area contributed by atoms with E-state index in [2.05, 4.69) is 36.1 Å². The maximum absolute atomic E-state index is 6.37. The van der Waals surface area contributed by atoms with Crippen LogP contribution in [0.2, 0.25) is 0 Å². The van der Waals surface area contributed by atoms with Crippen molar-refractivity contribution in [3.05, 3.63) is 29.8 Å². The highest BCUT2D eigenvalue weighted by Gasteiger charge is 2.37. The second-order valence-electron chi connectivity index (χ2n) is 7.18. The summed E-state index contributed by atoms with van der Waals surface area (Å²) in [5, 5.41) is 0. The zero-order chi connectivity index (χ0) is 15.5. The molecule has 3 atom stereocenters. The second kappa shape index (κ2) is 7.01. The molecule has 2 fully saturated rings. The summed E-state index contributed by atoms with van der Waals surface area (Å²) in [5.74, 6) is 2.56. The Hall–Kier alpha value is -1.06. The lowest BCUT2D eigenvalue weighted by Gasteiger charge is -2.41. The first-order valence-corrected chi connectivity index (χ1v) is 8.82. The van der Waals surface area contributed by atoms with Crippen LogP contribution in [0.15, 0.2) is 24.3 Å². The summed E-state index contributed by atoms with van der Waals surface area (Å²) in [5.41, 5.74) is 7.77. The number of hydrogen-bond donors (Lipinski definition) is 1. The number of benzene rings is 1. The first-order valence-electron chi connectivity index (χ1n) is 8.82. The average molecular weight is 302 g/mol. The van der Waals surface area contributed by atoms with Gasteiger partial charge >= 0.3 is 0 Å². The summed E-state index contributed by atoms with van der Waals surface area (Å²) in [7, 11) is 1.72. The van der Waals surface area contributed by atoms with Crippen LogP contribution in [-0.2, 0) is 6.42 Å². The monoisotopic (exact) mass is 302 g/mol. The predicted molar refractivity (Wildman–Crippen MR) is 91.2 cm³/mol. The van der Waals surface area contributed by atoms with Crippen LogP contribution in [0.5, 0.6) is 5.75 Å². The highest BCUT2D eigenvalue weighted by molar-refractivity contribution is 5.27. The molecule has 1 aliphatic heterocycles. The van der Waals surface area contributed by atoms with Crippen molar-refractivity contribution in [2.24, 2.45) is 17.6 Å². The van der Waals surface area contributed by atoms with Gasteiger partial charge in [-0.05, 0) is 61.6 Å². The van der Waals surface area contributed by atoms with Crippen LogP contribution in [0, 0.1) is 11.8 Å². The quantitative estimate of drug-likeness (QED) is 0.877. The fourth-order valence-corrected chi connectivity index (χ4v) is 4.17. The third-order valence-corrected chi connectivity index (χ3v) is 5.33. The number of rotatable bonds is 6. The maximum Gasteiger partial charge on any atom is 0.118 e. The Morgan fingerprint density at radius 2 is 1.95 bits per heavy atom. The molecule has 1 aliphatic carbocycles. The molecule has 122 valence electrons. The van der Waals surface area contributed by atoms with E-state index in [0.717, 1.165) is 37.1 Å². The van der Waals surface area contributed by atoms with Crippen molar-refractivity contribution < 1.29 is 4.74 Å². The van der Waals surface area contributed by atoms with Crippen molar-refractivity contribution in [1.82, 2.24) is 4.90 Å². The van der Waals surface area contributed by atoms with Gasteiger partial charge in [0.25, 0.3) is 0 Å². The van der Waals surface area contributed by atoms with Gasteiger partial charge in [0.2, 0.25) is 0 Å². The molecule has 1 saturated heterocycles. The summed E-state index contributed by atoms with van der Waals surface area (Å²) < 4.78 is 5.24. The first-order chi connectivity index (χ1) is 10.7. The molecule has 0 amide bonds. The molecule has 22 heavy (non-hydrogen) atoms. The minimum absolute atomic E-state index is 0.338. The van der Waals surface area contributed by atoms with Crippen LogP contribution in [0.1, 0.15) is 38.2 Å². The van der Waals surface area contributed by atoms with Gasteiger partial charge in [0.1, 0.15) is 5.75 Å². The highest BCUT2D eigenvalue weighted by atomic mass is 16.5. The number of nitrogens with two attached hydrogens (primary N) is 1. The Labute approximate surface area is 134 Å². The van der Waals surface area contributed by atoms with E-state index in [9.17, 15) is 0 Å². The average Bonchev–Trinajstić information content (AvgIpc) is 3.33. The van der Waals surface area contributed by atoms with Gasteiger partial charge in [0.05, 0.1) is 7.11 Å². The van der Waals surface area contributed by atoms with Crippen LogP contribution < -0.4 is 10.5 Å². The minimum atomic E-state index is 0.338. The summed E-state index contributed by atoms with van der Waals surface area (Å²) >= 11 is 0. The van der Waals surface area contributed by atoms with E-state index < -0.39 is 0 Å². The summed E-state index contributed by atoms with van der Waals surface area (Å²) in [4.78, 5) is 2.69. The topological polar surface area (TPSA) is 38.5 Å². The predicted octanol–water partition coefficient (Wildman–Crippen LogP) is 3.08. The summed E-state index contributed by atoms with van der Waals surface area (Å²) in [6, 6.07) is 9.63. The molecule has 2 aliphatic rings. The number of hydrogen-bond acceptors (Lipinski definition) is 3. The van der Waals surface area contributed by atoms with Gasteiger partial charge < -0.3 is 10.5 Å². The van der Waals surface area contributed by atoms with Crippen LogP contribution in [0.25, 0.3) is 0 Å². The van der Waals surface area contributed by atoms with Gasteiger partial charge in [-0.15, -0.1) is 0 Å². The van der Waals surface area contributed by atoms with Gasteiger partial charge in [-0.3, -0.25) is 4.90 Å². The second-order valence-corrected chi connectivity index (χ2v) is 7.18. The molecule has 2 N–H and O–H groups in total. The van der Waals surface area contributed by atoms with E-state index in [0.29, 0.717) is 12.0 Å². The fraction of sp³-hybridized carbons (Fsp3) is 0.684.